The third kappa shape index (κ3) is 6.76. The van der Waals surface area contributed by atoms with E-state index >= 15 is 0 Å². The zero-order valence-corrected chi connectivity index (χ0v) is 26.3. The molecular weight excluding hydrogens is 631 g/mol. The summed E-state index contributed by atoms with van der Waals surface area (Å²) < 4.78 is 28.8. The quantitative estimate of drug-likeness (QED) is 0.194. The number of hydrogen-bond donors (Lipinski definition) is 1. The van der Waals surface area contributed by atoms with Gasteiger partial charge in [-0.1, -0.05) is 27.7 Å². The molecule has 0 aliphatic rings. The van der Waals surface area contributed by atoms with Crippen LogP contribution in [0.15, 0.2) is 99.3 Å². The first-order chi connectivity index (χ1) is 21.4. The number of pyridine rings is 1. The Labute approximate surface area is 261 Å². The topological polar surface area (TPSA) is 117 Å². The molecule has 0 aliphatic heterocycles. The SMILES string of the molecule is CC.CC.Cn1cc(-c2oc3ncnc(Oc4ccc(NC(=O)c5cccn(-c6ccc(F)cc6)c5=O)cc4)c3c2Br)cn1. The summed E-state index contributed by atoms with van der Waals surface area (Å²) in [6, 6.07) is 15.0. The van der Waals surface area contributed by atoms with E-state index in [1.165, 1.54) is 47.4 Å². The van der Waals surface area contributed by atoms with Gasteiger partial charge in [-0.3, -0.25) is 18.8 Å². The van der Waals surface area contributed by atoms with Gasteiger partial charge in [0.2, 0.25) is 11.6 Å². The molecule has 0 saturated heterocycles. The van der Waals surface area contributed by atoms with Crippen LogP contribution in [0, 0.1) is 5.82 Å². The van der Waals surface area contributed by atoms with Crippen molar-refractivity contribution in [3.8, 4) is 28.6 Å². The third-order valence-corrected chi connectivity index (χ3v) is 6.74. The molecule has 44 heavy (non-hydrogen) atoms. The van der Waals surface area contributed by atoms with E-state index in [4.69, 9.17) is 9.15 Å². The Morgan fingerprint density at radius 1 is 1.00 bits per heavy atom. The zero-order chi connectivity index (χ0) is 31.8. The number of hydrogen-bond acceptors (Lipinski definition) is 7. The number of aryl methyl sites for hydroxylation is 1. The van der Waals surface area contributed by atoms with Crippen LogP contribution in [0.3, 0.4) is 0 Å². The highest BCUT2D eigenvalue weighted by Crippen LogP contribution is 2.41. The summed E-state index contributed by atoms with van der Waals surface area (Å²) in [5, 5.41) is 7.45. The highest BCUT2D eigenvalue weighted by atomic mass is 79.9. The van der Waals surface area contributed by atoms with E-state index in [0.717, 1.165) is 5.56 Å². The van der Waals surface area contributed by atoms with Gasteiger partial charge >= 0.3 is 0 Å². The van der Waals surface area contributed by atoms with Crippen molar-refractivity contribution < 1.29 is 18.3 Å². The minimum Gasteiger partial charge on any atom is -0.438 e. The van der Waals surface area contributed by atoms with Crippen LogP contribution in [-0.2, 0) is 7.05 Å². The molecule has 10 nitrogen and oxygen atoms in total. The second-order valence-electron chi connectivity index (χ2n) is 8.66. The van der Waals surface area contributed by atoms with E-state index < -0.39 is 17.3 Å². The molecule has 0 fully saturated rings. The van der Waals surface area contributed by atoms with Gasteiger partial charge in [0.05, 0.1) is 16.2 Å². The number of benzene rings is 2. The van der Waals surface area contributed by atoms with Crippen LogP contribution in [0.4, 0.5) is 10.1 Å². The predicted octanol–water partition coefficient (Wildman–Crippen LogP) is 7.77. The van der Waals surface area contributed by atoms with E-state index in [9.17, 15) is 14.0 Å². The molecule has 4 aromatic heterocycles. The second-order valence-corrected chi connectivity index (χ2v) is 9.45. The van der Waals surface area contributed by atoms with Gasteiger partial charge in [0, 0.05) is 30.8 Å². The largest absolute Gasteiger partial charge is 0.438 e. The predicted molar refractivity (Wildman–Crippen MR) is 171 cm³/mol. The highest BCUT2D eigenvalue weighted by Gasteiger charge is 2.21. The maximum atomic E-state index is 13.3. The number of carbonyl (C=O) groups excluding carboxylic acids is 1. The first-order valence-corrected chi connectivity index (χ1v) is 14.7. The molecule has 226 valence electrons. The molecule has 0 saturated carbocycles. The van der Waals surface area contributed by atoms with Crippen molar-refractivity contribution in [1.29, 1.82) is 0 Å². The van der Waals surface area contributed by atoms with Crippen molar-refractivity contribution in [2.75, 3.05) is 5.32 Å². The normalized spacial score (nSPS) is 10.3. The van der Waals surface area contributed by atoms with Gasteiger partial charge in [-0.25, -0.2) is 14.4 Å². The van der Waals surface area contributed by atoms with Crippen molar-refractivity contribution in [2.45, 2.75) is 27.7 Å². The molecule has 6 rings (SSSR count). The summed E-state index contributed by atoms with van der Waals surface area (Å²) in [6.45, 7) is 8.00. The number of rotatable bonds is 6. The molecule has 0 radical (unpaired) electrons. The Morgan fingerprint density at radius 2 is 1.70 bits per heavy atom. The summed E-state index contributed by atoms with van der Waals surface area (Å²) in [4.78, 5) is 34.3. The van der Waals surface area contributed by atoms with E-state index in [-0.39, 0.29) is 11.4 Å². The van der Waals surface area contributed by atoms with Crippen LogP contribution in [0.25, 0.3) is 28.1 Å². The monoisotopic (exact) mass is 660 g/mol. The van der Waals surface area contributed by atoms with Gasteiger partial charge in [0.15, 0.2) is 5.76 Å². The third-order valence-electron chi connectivity index (χ3n) is 5.99. The number of carbonyl (C=O) groups is 1. The number of ether oxygens (including phenoxy) is 1. The number of halogens is 2. The number of amides is 1. The maximum absolute atomic E-state index is 13.3. The molecule has 1 amide bonds. The van der Waals surface area contributed by atoms with Crippen LogP contribution < -0.4 is 15.6 Å². The van der Waals surface area contributed by atoms with Crippen molar-refractivity contribution in [2.24, 2.45) is 7.05 Å². The smallest absolute Gasteiger partial charge is 0.267 e. The average molecular weight is 662 g/mol. The lowest BCUT2D eigenvalue weighted by molar-refractivity contribution is 0.102. The number of furan rings is 1. The molecule has 1 N–H and O–H groups in total. The summed E-state index contributed by atoms with van der Waals surface area (Å²) in [5.74, 6) is 0.267. The van der Waals surface area contributed by atoms with E-state index in [1.54, 1.807) is 41.2 Å². The fraction of sp³-hybridized carbons (Fsp3) is 0.156. The molecule has 0 atom stereocenters. The standard InChI is InChI=1S/C28H18BrFN6O4.2C2H6/c1-35-14-16(13-33-35)24-23(29)22-26(31-15-32-27(22)40-24)39-20-10-6-18(7-11-20)34-25(37)21-3-2-12-36(28(21)38)19-8-4-17(30)5-9-19;2*1-2/h2-15H,1H3,(H,34,37);2*1-2H3. The first kappa shape index (κ1) is 31.8. The van der Waals surface area contributed by atoms with Gasteiger partial charge < -0.3 is 14.5 Å². The Balaban J connectivity index is 0.00000106. The number of nitrogens with one attached hydrogen (secondary N) is 1. The van der Waals surface area contributed by atoms with Crippen molar-refractivity contribution in [1.82, 2.24) is 24.3 Å². The number of nitrogens with zero attached hydrogens (tertiary/aromatic N) is 5. The fourth-order valence-electron chi connectivity index (χ4n) is 4.06. The Kier molecular flexibility index (Phi) is 10.4. The average Bonchev–Trinajstić information content (AvgIpc) is 3.63. The summed E-state index contributed by atoms with van der Waals surface area (Å²) >= 11 is 3.57. The summed E-state index contributed by atoms with van der Waals surface area (Å²) in [6.07, 6.45) is 6.35. The zero-order valence-electron chi connectivity index (χ0n) is 24.7. The molecular formula is C32H30BrFN6O4. The molecule has 2 aromatic carbocycles. The van der Waals surface area contributed by atoms with Crippen LogP contribution in [0.5, 0.6) is 11.6 Å². The van der Waals surface area contributed by atoms with E-state index in [1.807, 2.05) is 40.9 Å². The maximum Gasteiger partial charge on any atom is 0.267 e. The lowest BCUT2D eigenvalue weighted by Gasteiger charge is -2.10. The first-order valence-electron chi connectivity index (χ1n) is 13.9. The Bertz CT molecular complexity index is 1930. The second kappa shape index (κ2) is 14.4. The van der Waals surface area contributed by atoms with Crippen LogP contribution in [0.2, 0.25) is 0 Å². The molecule has 0 aliphatic carbocycles. The van der Waals surface area contributed by atoms with Gasteiger partial charge in [-0.2, -0.15) is 5.10 Å². The lowest BCUT2D eigenvalue weighted by atomic mass is 10.2. The number of fused-ring (bicyclic) bond motifs is 1. The summed E-state index contributed by atoms with van der Waals surface area (Å²) in [7, 11) is 1.81. The van der Waals surface area contributed by atoms with Gasteiger partial charge in [-0.05, 0) is 76.6 Å². The van der Waals surface area contributed by atoms with E-state index in [0.29, 0.717) is 38.5 Å². The van der Waals surface area contributed by atoms with Crippen molar-refractivity contribution in [3.63, 3.8) is 0 Å². The minimum atomic E-state index is -0.585. The number of anilines is 1. The Hall–Kier alpha value is -5.10. The molecule has 6 aromatic rings. The van der Waals surface area contributed by atoms with Gasteiger partial charge in [-0.15, -0.1) is 0 Å². The molecule has 0 unspecified atom stereocenters. The lowest BCUT2D eigenvalue weighted by Crippen LogP contribution is -2.27. The van der Waals surface area contributed by atoms with Crippen molar-refractivity contribution in [3.05, 3.63) is 112 Å². The van der Waals surface area contributed by atoms with Crippen LogP contribution in [0.1, 0.15) is 38.1 Å². The minimum absolute atomic E-state index is 0.0650. The van der Waals surface area contributed by atoms with Crippen LogP contribution >= 0.6 is 15.9 Å². The van der Waals surface area contributed by atoms with Gasteiger partial charge in [0.25, 0.3) is 11.5 Å². The van der Waals surface area contributed by atoms with Gasteiger partial charge in [0.1, 0.15) is 28.8 Å². The fourth-order valence-corrected chi connectivity index (χ4v) is 4.71. The molecule has 12 heteroatoms. The van der Waals surface area contributed by atoms with E-state index in [2.05, 4.69) is 36.3 Å². The highest BCUT2D eigenvalue weighted by molar-refractivity contribution is 9.10. The molecule has 4 heterocycles. The number of aromatic nitrogens is 5. The molecule has 0 bridgehead atoms. The van der Waals surface area contributed by atoms with Crippen LogP contribution in [-0.4, -0.2) is 30.2 Å². The van der Waals surface area contributed by atoms with Crippen molar-refractivity contribution >= 4 is 38.6 Å². The summed E-state index contributed by atoms with van der Waals surface area (Å²) in [5.41, 5.74) is 1.40. The molecule has 0 spiro atoms. The Morgan fingerprint density at radius 3 is 2.36 bits per heavy atom.